The van der Waals surface area contributed by atoms with E-state index in [0.717, 1.165) is 6.26 Å². The number of nitrogens with one attached hydrogen (secondary N) is 1. The van der Waals surface area contributed by atoms with Crippen LogP contribution in [-0.2, 0) is 16.3 Å². The second-order valence-corrected chi connectivity index (χ2v) is 7.29. The van der Waals surface area contributed by atoms with Gasteiger partial charge < -0.3 is 9.84 Å². The Bertz CT molecular complexity index is 944. The van der Waals surface area contributed by atoms with Crippen LogP contribution in [0.25, 0.3) is 17.1 Å². The van der Waals surface area contributed by atoms with Gasteiger partial charge in [-0.15, -0.1) is 0 Å². The van der Waals surface area contributed by atoms with Crippen LogP contribution in [0.1, 0.15) is 12.7 Å². The summed E-state index contributed by atoms with van der Waals surface area (Å²) < 4.78 is 30.6. The van der Waals surface area contributed by atoms with Crippen molar-refractivity contribution in [3.8, 4) is 11.6 Å². The number of imidazole rings is 1. The van der Waals surface area contributed by atoms with E-state index in [1.807, 2.05) is 14.0 Å². The third-order valence-electron chi connectivity index (χ3n) is 3.50. The highest BCUT2D eigenvalue weighted by Crippen LogP contribution is 2.25. The molecule has 0 aromatic carbocycles. The molecule has 0 fully saturated rings. The van der Waals surface area contributed by atoms with Crippen LogP contribution in [0.3, 0.4) is 0 Å². The lowest BCUT2D eigenvalue weighted by atomic mass is 10.2. The SMILES string of the molecule is CNC(C)Cc1noc(-c2nc(S(C)(=O)=O)n3ccccc23)n1. The molecule has 0 aliphatic rings. The first-order chi connectivity index (χ1) is 10.9. The van der Waals surface area contributed by atoms with E-state index in [2.05, 4.69) is 20.4 Å². The van der Waals surface area contributed by atoms with Gasteiger partial charge in [-0.05, 0) is 26.1 Å². The molecule has 8 nitrogen and oxygen atoms in total. The first kappa shape index (κ1) is 15.6. The highest BCUT2D eigenvalue weighted by atomic mass is 32.2. The lowest BCUT2D eigenvalue weighted by Gasteiger charge is -2.04. The zero-order chi connectivity index (χ0) is 16.6. The summed E-state index contributed by atoms with van der Waals surface area (Å²) in [5.41, 5.74) is 0.965. The summed E-state index contributed by atoms with van der Waals surface area (Å²) in [4.78, 5) is 8.53. The van der Waals surface area contributed by atoms with Crippen molar-refractivity contribution < 1.29 is 12.9 Å². The largest absolute Gasteiger partial charge is 0.332 e. The smallest absolute Gasteiger partial charge is 0.278 e. The molecule has 0 aliphatic heterocycles. The number of nitrogens with zero attached hydrogens (tertiary/aromatic N) is 4. The summed E-state index contributed by atoms with van der Waals surface area (Å²) in [7, 11) is -1.63. The summed E-state index contributed by atoms with van der Waals surface area (Å²) in [6, 6.07) is 5.50. The van der Waals surface area contributed by atoms with Gasteiger partial charge in [0.05, 0.1) is 5.52 Å². The molecule has 1 N–H and O–H groups in total. The molecule has 0 saturated heterocycles. The van der Waals surface area contributed by atoms with Gasteiger partial charge in [0.15, 0.2) is 11.5 Å². The van der Waals surface area contributed by atoms with Gasteiger partial charge in [0.25, 0.3) is 5.89 Å². The Hall–Kier alpha value is -2.26. The summed E-state index contributed by atoms with van der Waals surface area (Å²) in [6.07, 6.45) is 3.36. The van der Waals surface area contributed by atoms with Crippen molar-refractivity contribution >= 4 is 15.4 Å². The number of likely N-dealkylation sites (N-methyl/N-ethyl adjacent to an activating group) is 1. The standard InChI is InChI=1S/C14H17N5O3S/c1-9(15-2)8-11-16-13(22-18-11)12-10-6-4-5-7-19(10)14(17-12)23(3,20)21/h4-7,9,15H,8H2,1-3H3. The van der Waals surface area contributed by atoms with Gasteiger partial charge in [0, 0.05) is 24.9 Å². The molecule has 0 amide bonds. The number of pyridine rings is 1. The van der Waals surface area contributed by atoms with Gasteiger partial charge in [-0.2, -0.15) is 4.98 Å². The fraction of sp³-hybridized carbons (Fsp3) is 0.357. The van der Waals surface area contributed by atoms with Crippen LogP contribution in [0.4, 0.5) is 0 Å². The average Bonchev–Trinajstić information content (AvgIpc) is 3.10. The lowest BCUT2D eigenvalue weighted by Crippen LogP contribution is -2.24. The number of rotatable bonds is 5. The maximum atomic E-state index is 11.9. The zero-order valence-corrected chi connectivity index (χ0v) is 13.8. The van der Waals surface area contributed by atoms with E-state index in [1.165, 1.54) is 4.40 Å². The quantitative estimate of drug-likeness (QED) is 0.740. The van der Waals surface area contributed by atoms with Gasteiger partial charge in [-0.1, -0.05) is 11.2 Å². The van der Waals surface area contributed by atoms with Crippen LogP contribution in [0, 0.1) is 0 Å². The van der Waals surface area contributed by atoms with Crippen LogP contribution in [0.2, 0.25) is 0 Å². The number of sulfone groups is 1. The number of fused-ring (bicyclic) bond motifs is 1. The van der Waals surface area contributed by atoms with Crippen molar-refractivity contribution in [1.29, 1.82) is 0 Å². The van der Waals surface area contributed by atoms with Crippen molar-refractivity contribution in [2.45, 2.75) is 24.5 Å². The zero-order valence-electron chi connectivity index (χ0n) is 13.0. The second kappa shape index (κ2) is 5.74. The molecule has 3 aromatic rings. The summed E-state index contributed by atoms with van der Waals surface area (Å²) in [5.74, 6) is 0.752. The van der Waals surface area contributed by atoms with E-state index < -0.39 is 9.84 Å². The molecule has 122 valence electrons. The molecule has 0 aliphatic carbocycles. The molecule has 23 heavy (non-hydrogen) atoms. The van der Waals surface area contributed by atoms with Gasteiger partial charge in [0.2, 0.25) is 15.0 Å². The van der Waals surface area contributed by atoms with Crippen molar-refractivity contribution in [2.75, 3.05) is 13.3 Å². The van der Waals surface area contributed by atoms with Crippen LogP contribution in [-0.4, -0.2) is 47.3 Å². The molecule has 0 saturated carbocycles. The Morgan fingerprint density at radius 3 is 2.83 bits per heavy atom. The fourth-order valence-corrected chi connectivity index (χ4v) is 3.01. The van der Waals surface area contributed by atoms with Crippen LogP contribution >= 0.6 is 0 Å². The van der Waals surface area contributed by atoms with Crippen molar-refractivity contribution in [3.63, 3.8) is 0 Å². The molecule has 0 radical (unpaired) electrons. The van der Waals surface area contributed by atoms with Crippen molar-refractivity contribution in [1.82, 2.24) is 24.8 Å². The number of aromatic nitrogens is 4. The highest BCUT2D eigenvalue weighted by molar-refractivity contribution is 7.90. The van der Waals surface area contributed by atoms with Gasteiger partial charge in [-0.25, -0.2) is 13.4 Å². The van der Waals surface area contributed by atoms with Gasteiger partial charge >= 0.3 is 0 Å². The molecular weight excluding hydrogens is 318 g/mol. The molecule has 9 heteroatoms. The maximum absolute atomic E-state index is 11.9. The fourth-order valence-electron chi connectivity index (χ4n) is 2.24. The summed E-state index contributed by atoms with van der Waals surface area (Å²) in [6.45, 7) is 2.00. The monoisotopic (exact) mass is 335 g/mol. The lowest BCUT2D eigenvalue weighted by molar-refractivity contribution is 0.417. The van der Waals surface area contributed by atoms with Gasteiger partial charge in [0.1, 0.15) is 0 Å². The van der Waals surface area contributed by atoms with Crippen molar-refractivity contribution in [2.24, 2.45) is 0 Å². The van der Waals surface area contributed by atoms with Crippen molar-refractivity contribution in [3.05, 3.63) is 30.2 Å². The van der Waals surface area contributed by atoms with E-state index in [4.69, 9.17) is 4.52 Å². The number of hydrogen-bond donors (Lipinski definition) is 1. The summed E-state index contributed by atoms with van der Waals surface area (Å²) in [5, 5.41) is 6.98. The minimum Gasteiger partial charge on any atom is -0.332 e. The van der Waals surface area contributed by atoms with E-state index in [9.17, 15) is 8.42 Å². The molecular formula is C14H17N5O3S. The minimum atomic E-state index is -3.48. The molecule has 0 bridgehead atoms. The van der Waals surface area contributed by atoms with E-state index >= 15 is 0 Å². The maximum Gasteiger partial charge on any atom is 0.278 e. The normalized spacial score (nSPS) is 13.5. The molecule has 0 spiro atoms. The Balaban J connectivity index is 2.10. The Morgan fingerprint density at radius 1 is 1.35 bits per heavy atom. The molecule has 1 atom stereocenters. The van der Waals surface area contributed by atoms with Crippen LogP contribution in [0.15, 0.2) is 34.1 Å². The number of hydrogen-bond acceptors (Lipinski definition) is 7. The summed E-state index contributed by atoms with van der Waals surface area (Å²) >= 11 is 0. The average molecular weight is 335 g/mol. The molecule has 3 rings (SSSR count). The molecule has 3 heterocycles. The Labute approximate surface area is 133 Å². The third kappa shape index (κ3) is 2.97. The second-order valence-electron chi connectivity index (χ2n) is 5.38. The minimum absolute atomic E-state index is 0.0496. The van der Waals surface area contributed by atoms with Gasteiger partial charge in [-0.3, -0.25) is 4.40 Å². The molecule has 3 aromatic heterocycles. The topological polar surface area (TPSA) is 102 Å². The van der Waals surface area contributed by atoms with Crippen LogP contribution < -0.4 is 5.32 Å². The first-order valence-corrected chi connectivity index (χ1v) is 8.96. The van der Waals surface area contributed by atoms with E-state index in [0.29, 0.717) is 23.5 Å². The van der Waals surface area contributed by atoms with E-state index in [-0.39, 0.29) is 17.1 Å². The molecule has 1 unspecified atom stereocenters. The Kier molecular flexibility index (Phi) is 3.90. The predicted molar refractivity (Wildman–Crippen MR) is 83.8 cm³/mol. The Morgan fingerprint density at radius 2 is 2.13 bits per heavy atom. The first-order valence-electron chi connectivity index (χ1n) is 7.07. The van der Waals surface area contributed by atoms with E-state index in [1.54, 1.807) is 24.4 Å². The third-order valence-corrected chi connectivity index (χ3v) is 4.45. The van der Waals surface area contributed by atoms with Crippen LogP contribution in [0.5, 0.6) is 0 Å². The highest BCUT2D eigenvalue weighted by Gasteiger charge is 2.23. The predicted octanol–water partition coefficient (Wildman–Crippen LogP) is 0.938.